The zero-order valence-corrected chi connectivity index (χ0v) is 33.5. The monoisotopic (exact) mass is 796 g/mol. The minimum atomic E-state index is -1.12. The largest absolute Gasteiger partial charge is 0.491 e. The van der Waals surface area contributed by atoms with Crippen molar-refractivity contribution in [2.75, 3.05) is 48.1 Å². The van der Waals surface area contributed by atoms with Gasteiger partial charge in [-0.15, -0.1) is 22.7 Å². The van der Waals surface area contributed by atoms with Crippen LogP contribution in [0.15, 0.2) is 48.8 Å². The lowest BCUT2D eigenvalue weighted by molar-refractivity contribution is -0.137. The fourth-order valence-corrected chi connectivity index (χ4v) is 5.87. The lowest BCUT2D eigenvalue weighted by atomic mass is 10.2. The predicted molar refractivity (Wildman–Crippen MR) is 215 cm³/mol. The molecule has 55 heavy (non-hydrogen) atoms. The molecule has 2 aromatic heterocycles. The van der Waals surface area contributed by atoms with Crippen LogP contribution in [0.3, 0.4) is 0 Å². The Morgan fingerprint density at radius 3 is 1.53 bits per heavy atom. The highest BCUT2D eigenvalue weighted by Gasteiger charge is 2.15. The number of nitrogens with zero attached hydrogens (tertiary/aromatic N) is 2. The number of amides is 6. The molecule has 296 valence electrons. The maximum atomic E-state index is 12.3. The molecule has 4 rings (SSSR count). The number of carbonyl (C=O) groups excluding carboxylic acids is 4. The predicted octanol–water partition coefficient (Wildman–Crippen LogP) is 6.29. The number of urea groups is 2. The van der Waals surface area contributed by atoms with E-state index in [0.29, 0.717) is 63.1 Å². The van der Waals surface area contributed by atoms with Crippen LogP contribution in [0, 0.1) is 25.7 Å². The van der Waals surface area contributed by atoms with Gasteiger partial charge in [-0.25, -0.2) is 19.6 Å². The maximum Gasteiger partial charge on any atom is 0.325 e. The molecule has 0 spiro atoms. The third kappa shape index (κ3) is 16.4. The van der Waals surface area contributed by atoms with E-state index in [-0.39, 0.29) is 18.7 Å². The van der Waals surface area contributed by atoms with Gasteiger partial charge in [-0.05, 0) is 61.1 Å². The van der Waals surface area contributed by atoms with Crippen LogP contribution in [0.4, 0.5) is 31.2 Å². The first-order valence-electron chi connectivity index (χ1n) is 17.3. The topological polar surface area (TPSA) is 222 Å². The van der Waals surface area contributed by atoms with Crippen LogP contribution in [0.5, 0.6) is 11.5 Å². The van der Waals surface area contributed by atoms with Crippen molar-refractivity contribution in [3.05, 3.63) is 69.7 Å². The molecule has 0 aliphatic heterocycles. The van der Waals surface area contributed by atoms with Gasteiger partial charge in [0, 0.05) is 29.2 Å². The number of rotatable bonds is 16. The number of aromatic nitrogens is 2. The summed E-state index contributed by atoms with van der Waals surface area (Å²) in [7, 11) is 1.58. The molecule has 0 aliphatic rings. The Morgan fingerprint density at radius 2 is 1.13 bits per heavy atom. The highest BCUT2D eigenvalue weighted by Crippen LogP contribution is 2.28. The first-order valence-corrected chi connectivity index (χ1v) is 18.9. The number of carboxylic acid groups (broad SMARTS) is 1. The number of aliphatic carboxylic acids is 1. The van der Waals surface area contributed by atoms with Gasteiger partial charge in [0.2, 0.25) is 11.8 Å². The SMILES string of the molecule is CNC(=O)Cc1cnc(NC(=O)Nc2ccc(C)cc2OCC(C)C)s1.Cc1ccc(NC(=O)Nc2ncc(CC(=O)NCC(=O)O)s2)c(OCC(C)C)c1. The van der Waals surface area contributed by atoms with Crippen LogP contribution < -0.4 is 41.4 Å². The summed E-state index contributed by atoms with van der Waals surface area (Å²) in [6.07, 6.45) is 3.27. The standard InChI is InChI=1S/C19H24N4O5S.C18H24N4O3S/c1-11(2)10-28-15-6-12(3)4-5-14(15)22-18(27)23-19-21-8-13(29-19)7-16(24)20-9-17(25)26;1-11(2)10-25-15-7-12(3)5-6-14(15)21-17(24)22-18-20-9-13(26-18)8-16(23)19-4/h4-6,8,11H,7,9-10H2,1-3H3,(H,20,24)(H,25,26)(H2,21,22,23,27);5-7,9,11H,8,10H2,1-4H3,(H,19,23)(H2,20,21,22,24). The van der Waals surface area contributed by atoms with Gasteiger partial charge in [0.15, 0.2) is 10.3 Å². The Balaban J connectivity index is 0.000000297. The minimum absolute atomic E-state index is 0.0145. The Morgan fingerprint density at radius 1 is 0.691 bits per heavy atom. The van der Waals surface area contributed by atoms with Crippen LogP contribution in [0.2, 0.25) is 0 Å². The van der Waals surface area contributed by atoms with Crippen LogP contribution in [-0.2, 0) is 27.2 Å². The van der Waals surface area contributed by atoms with Crippen LogP contribution in [0.25, 0.3) is 0 Å². The van der Waals surface area contributed by atoms with Crippen LogP contribution >= 0.6 is 22.7 Å². The van der Waals surface area contributed by atoms with Crippen molar-refractivity contribution in [2.45, 2.75) is 54.4 Å². The number of benzene rings is 2. The Kier molecular flexibility index (Phi) is 17.3. The minimum Gasteiger partial charge on any atom is -0.491 e. The fraction of sp³-hybridized carbons (Fsp3) is 0.378. The molecule has 0 unspecified atom stereocenters. The number of anilines is 4. The second kappa shape index (κ2) is 21.8. The third-order valence-corrected chi connectivity index (χ3v) is 8.67. The highest BCUT2D eigenvalue weighted by atomic mass is 32.1. The number of ether oxygens (including phenoxy) is 2. The molecule has 18 heteroatoms. The smallest absolute Gasteiger partial charge is 0.325 e. The van der Waals surface area contributed by atoms with Gasteiger partial charge in [-0.3, -0.25) is 25.0 Å². The average molecular weight is 797 g/mol. The Bertz CT molecular complexity index is 1930. The van der Waals surface area contributed by atoms with E-state index in [1.807, 2.05) is 58.0 Å². The van der Waals surface area contributed by atoms with Crippen molar-refractivity contribution in [1.82, 2.24) is 20.6 Å². The molecular formula is C37H48N8O8S2. The summed E-state index contributed by atoms with van der Waals surface area (Å²) in [4.78, 5) is 67.6. The van der Waals surface area contributed by atoms with Crippen molar-refractivity contribution in [2.24, 2.45) is 11.8 Å². The van der Waals surface area contributed by atoms with E-state index in [1.54, 1.807) is 19.3 Å². The average Bonchev–Trinajstić information content (AvgIpc) is 3.75. The van der Waals surface area contributed by atoms with Gasteiger partial charge >= 0.3 is 18.0 Å². The summed E-state index contributed by atoms with van der Waals surface area (Å²) in [6.45, 7) is 12.8. The molecule has 2 aromatic carbocycles. The number of hydrogen-bond donors (Lipinski definition) is 7. The van der Waals surface area contributed by atoms with E-state index in [4.69, 9.17) is 14.6 Å². The van der Waals surface area contributed by atoms with Gasteiger partial charge in [0.05, 0.1) is 37.4 Å². The first kappa shape index (κ1) is 43.7. The van der Waals surface area contributed by atoms with Gasteiger partial charge in [-0.1, -0.05) is 39.8 Å². The molecule has 0 aliphatic carbocycles. The number of carbonyl (C=O) groups is 5. The number of carboxylic acids is 1. The van der Waals surface area contributed by atoms with Crippen LogP contribution in [-0.4, -0.2) is 71.7 Å². The summed E-state index contributed by atoms with van der Waals surface area (Å²) in [5, 5.41) is 25.0. The maximum absolute atomic E-state index is 12.3. The van der Waals surface area contributed by atoms with Crippen molar-refractivity contribution >= 4 is 74.2 Å². The molecule has 0 saturated carbocycles. The van der Waals surface area contributed by atoms with E-state index < -0.39 is 30.5 Å². The number of likely N-dealkylation sites (N-methyl/N-ethyl adjacent to an activating group) is 1. The molecule has 0 saturated heterocycles. The van der Waals surface area contributed by atoms with Gasteiger partial charge in [-0.2, -0.15) is 0 Å². The molecule has 6 amide bonds. The number of aryl methyl sites for hydroxylation is 2. The highest BCUT2D eigenvalue weighted by molar-refractivity contribution is 7.16. The molecule has 7 N–H and O–H groups in total. The molecule has 0 radical (unpaired) electrons. The van der Waals surface area contributed by atoms with Crippen molar-refractivity contribution in [3.8, 4) is 11.5 Å². The number of hydrogen-bond acceptors (Lipinski definition) is 11. The Hall–Kier alpha value is -5.75. The summed E-state index contributed by atoms with van der Waals surface area (Å²) < 4.78 is 11.6. The molecule has 4 aromatic rings. The van der Waals surface area contributed by atoms with Crippen LogP contribution in [0.1, 0.15) is 48.6 Å². The number of nitrogens with one attached hydrogen (secondary N) is 6. The summed E-state index contributed by atoms with van der Waals surface area (Å²) in [5.41, 5.74) is 3.20. The molecule has 0 atom stereocenters. The van der Waals surface area contributed by atoms with Gasteiger partial charge in [0.25, 0.3) is 0 Å². The molecular weight excluding hydrogens is 749 g/mol. The third-order valence-electron chi connectivity index (χ3n) is 6.85. The number of thiazole rings is 2. The zero-order valence-electron chi connectivity index (χ0n) is 31.8. The summed E-state index contributed by atoms with van der Waals surface area (Å²) in [5.74, 6) is 0.298. The summed E-state index contributed by atoms with van der Waals surface area (Å²) in [6, 6.07) is 10.2. The van der Waals surface area contributed by atoms with E-state index in [1.165, 1.54) is 17.5 Å². The first-order chi connectivity index (χ1) is 26.1. The Labute approximate surface area is 327 Å². The lowest BCUT2D eigenvalue weighted by Gasteiger charge is -2.14. The van der Waals surface area contributed by atoms with Gasteiger partial charge < -0.3 is 35.8 Å². The lowest BCUT2D eigenvalue weighted by Crippen LogP contribution is -2.30. The molecule has 0 fully saturated rings. The van der Waals surface area contributed by atoms with E-state index in [0.717, 1.165) is 27.3 Å². The fourth-order valence-electron chi connectivity index (χ4n) is 4.25. The normalized spacial score (nSPS) is 10.5. The van der Waals surface area contributed by atoms with Gasteiger partial charge in [0.1, 0.15) is 18.0 Å². The van der Waals surface area contributed by atoms with Crippen molar-refractivity contribution < 1.29 is 38.6 Å². The zero-order chi connectivity index (χ0) is 40.5. The van der Waals surface area contributed by atoms with Crippen molar-refractivity contribution in [3.63, 3.8) is 0 Å². The van der Waals surface area contributed by atoms with E-state index >= 15 is 0 Å². The molecule has 0 bridgehead atoms. The second-order valence-electron chi connectivity index (χ2n) is 13.0. The molecule has 2 heterocycles. The van der Waals surface area contributed by atoms with E-state index in [9.17, 15) is 24.0 Å². The van der Waals surface area contributed by atoms with Crippen molar-refractivity contribution in [1.29, 1.82) is 0 Å². The quantitative estimate of drug-likeness (QED) is 0.0671. The second-order valence-corrected chi connectivity index (χ2v) is 15.3. The van der Waals surface area contributed by atoms with E-state index in [2.05, 4.69) is 55.7 Å². The summed E-state index contributed by atoms with van der Waals surface area (Å²) >= 11 is 2.39. The molecule has 16 nitrogen and oxygen atoms in total.